The molecule has 5 aliphatic carbocycles. The van der Waals surface area contributed by atoms with Gasteiger partial charge < -0.3 is 9.13 Å². The first-order valence-corrected chi connectivity index (χ1v) is 24.0. The first kappa shape index (κ1) is 37.6. The Hall–Kier alpha value is -6.76. The van der Waals surface area contributed by atoms with Crippen LogP contribution in [0.4, 0.5) is 0 Å². The molecule has 6 aromatic carbocycles. The first-order valence-electron chi connectivity index (χ1n) is 24.0. The molecule has 3 N–H and O–H groups in total. The number of aromatic nitrogens is 2. The lowest BCUT2D eigenvalue weighted by Crippen LogP contribution is -2.64. The molecular weight excluding hydrogens is 791 g/mol. The second-order valence-corrected chi connectivity index (χ2v) is 19.0. The lowest BCUT2D eigenvalue weighted by atomic mass is 9.90. The second-order valence-electron chi connectivity index (χ2n) is 19.0. The number of fused-ring (bicyclic) bond motifs is 10. The summed E-state index contributed by atoms with van der Waals surface area (Å²) in [5.74, 6) is 0. The Morgan fingerprint density at radius 2 is 1.29 bits per heavy atom. The molecule has 5 heteroatoms. The molecule has 6 aliphatic rings. The summed E-state index contributed by atoms with van der Waals surface area (Å²) in [5.41, 5.74) is 17.7. The normalized spacial score (nSPS) is 21.4. The van der Waals surface area contributed by atoms with E-state index in [1.807, 2.05) is 0 Å². The Bertz CT molecular complexity index is 3580. The highest BCUT2D eigenvalue weighted by Gasteiger charge is 2.34. The van der Waals surface area contributed by atoms with E-state index in [9.17, 15) is 0 Å². The number of nitrogens with zero attached hydrogens (tertiary/aromatic N) is 2. The maximum atomic E-state index is 4.08. The molecular formula is C60H51N5. The van der Waals surface area contributed by atoms with Gasteiger partial charge in [-0.3, -0.25) is 16.0 Å². The molecule has 0 amide bonds. The summed E-state index contributed by atoms with van der Waals surface area (Å²) in [7, 11) is 0. The van der Waals surface area contributed by atoms with E-state index in [1.165, 1.54) is 116 Å². The van der Waals surface area contributed by atoms with Gasteiger partial charge in [-0.05, 0) is 172 Å². The maximum Gasteiger partial charge on any atom is 0.0870 e. The average Bonchev–Trinajstić information content (AvgIpc) is 4.08. The monoisotopic (exact) mass is 841 g/mol. The van der Waals surface area contributed by atoms with Crippen LogP contribution in [0, 0.1) is 0 Å². The van der Waals surface area contributed by atoms with Gasteiger partial charge >= 0.3 is 0 Å². The summed E-state index contributed by atoms with van der Waals surface area (Å²) in [6.45, 7) is 0. The van der Waals surface area contributed by atoms with E-state index in [0.717, 1.165) is 57.8 Å². The Kier molecular flexibility index (Phi) is 8.62. The van der Waals surface area contributed by atoms with Gasteiger partial charge in [0, 0.05) is 39.1 Å². The van der Waals surface area contributed by atoms with Gasteiger partial charge in [0.15, 0.2) is 0 Å². The third-order valence-corrected chi connectivity index (χ3v) is 15.3. The predicted octanol–water partition coefficient (Wildman–Crippen LogP) is 13.6. The molecule has 0 saturated carbocycles. The molecule has 65 heavy (non-hydrogen) atoms. The largest absolute Gasteiger partial charge is 0.313 e. The highest BCUT2D eigenvalue weighted by atomic mass is 15.4. The summed E-state index contributed by atoms with van der Waals surface area (Å²) in [6.07, 6.45) is 33.1. The van der Waals surface area contributed by atoms with Crippen molar-refractivity contribution in [2.24, 2.45) is 0 Å². The van der Waals surface area contributed by atoms with Crippen molar-refractivity contribution in [2.45, 2.75) is 76.3 Å². The lowest BCUT2D eigenvalue weighted by Gasteiger charge is -2.42. The Labute approximate surface area is 379 Å². The molecule has 2 aromatic heterocycles. The molecule has 8 aromatic rings. The Morgan fingerprint density at radius 1 is 0.492 bits per heavy atom. The minimum absolute atomic E-state index is 0.0383. The lowest BCUT2D eigenvalue weighted by molar-refractivity contribution is 0.236. The van der Waals surface area contributed by atoms with Crippen molar-refractivity contribution in [3.05, 3.63) is 202 Å². The number of hydrogen-bond donors (Lipinski definition) is 3. The zero-order chi connectivity index (χ0) is 42.6. The van der Waals surface area contributed by atoms with Crippen molar-refractivity contribution < 1.29 is 0 Å². The van der Waals surface area contributed by atoms with Gasteiger partial charge in [-0.25, -0.2) is 0 Å². The first-order chi connectivity index (χ1) is 32.2. The third kappa shape index (κ3) is 6.03. The summed E-state index contributed by atoms with van der Waals surface area (Å²) in [5, 5.41) is 22.6. The van der Waals surface area contributed by atoms with Crippen LogP contribution in [0.2, 0.25) is 0 Å². The zero-order valence-corrected chi connectivity index (χ0v) is 36.6. The summed E-state index contributed by atoms with van der Waals surface area (Å²) < 4.78 is 5.08. The van der Waals surface area contributed by atoms with Crippen molar-refractivity contribution in [3.63, 3.8) is 0 Å². The molecule has 3 unspecified atom stereocenters. The van der Waals surface area contributed by atoms with Crippen LogP contribution < -0.4 is 16.0 Å². The van der Waals surface area contributed by atoms with Crippen LogP contribution in [0.25, 0.3) is 77.7 Å². The highest BCUT2D eigenvalue weighted by molar-refractivity contribution is 6.11. The maximum absolute atomic E-state index is 4.08. The number of nitrogens with one attached hydrogen (secondary N) is 3. The van der Waals surface area contributed by atoms with Crippen molar-refractivity contribution in [1.29, 1.82) is 0 Å². The van der Waals surface area contributed by atoms with Gasteiger partial charge in [0.2, 0.25) is 0 Å². The average molecular weight is 842 g/mol. The Morgan fingerprint density at radius 3 is 2.23 bits per heavy atom. The molecule has 0 radical (unpaired) electrons. The molecule has 316 valence electrons. The van der Waals surface area contributed by atoms with E-state index in [2.05, 4.69) is 189 Å². The minimum atomic E-state index is -0.0383. The number of aryl methyl sites for hydroxylation is 1. The molecule has 1 aliphatic heterocycles. The van der Waals surface area contributed by atoms with Crippen LogP contribution in [0.15, 0.2) is 174 Å². The molecule has 0 bridgehead atoms. The van der Waals surface area contributed by atoms with Crippen LogP contribution in [-0.2, 0) is 12.8 Å². The van der Waals surface area contributed by atoms with Crippen LogP contribution in [0.5, 0.6) is 0 Å². The topological polar surface area (TPSA) is 46.0 Å². The van der Waals surface area contributed by atoms with E-state index >= 15 is 0 Å². The van der Waals surface area contributed by atoms with E-state index in [4.69, 9.17) is 0 Å². The highest BCUT2D eigenvalue weighted by Crippen LogP contribution is 2.42. The van der Waals surface area contributed by atoms with Crippen LogP contribution in [0.3, 0.4) is 0 Å². The standard InChI is InChI=1S/C60H51N5/c1-2-13-40(14-3-1)58-61-59(43-25-24-37-15-10-17-41(37)32-43)63-60(62-58)49-21-11-16-39-26-29-46(36-51(39)49)65-53-22-8-6-19-48(53)52-34-44-33-45(30-27-42(44)35-56(52)65)64-54-23-9-7-20-50(54)57-47-18-5-4-12-38(47)28-31-55(57)64/h1-2,4-6,9-13,15-16,18-19,21,23,26-36,58-63H,3,7-8,14,17,20,22,24-25H2. The van der Waals surface area contributed by atoms with Crippen LogP contribution in [-0.4, -0.2) is 21.5 Å². The quantitative estimate of drug-likeness (QED) is 0.162. The molecule has 1 saturated heterocycles. The van der Waals surface area contributed by atoms with Crippen molar-refractivity contribution >= 4 is 66.3 Å². The van der Waals surface area contributed by atoms with Crippen molar-refractivity contribution in [2.75, 3.05) is 0 Å². The number of rotatable bonds is 5. The summed E-state index contributed by atoms with van der Waals surface area (Å²) >= 11 is 0. The van der Waals surface area contributed by atoms with Gasteiger partial charge in [0.25, 0.3) is 0 Å². The predicted molar refractivity (Wildman–Crippen MR) is 272 cm³/mol. The van der Waals surface area contributed by atoms with Gasteiger partial charge in [0.1, 0.15) is 0 Å². The fourth-order valence-corrected chi connectivity index (χ4v) is 12.2. The Balaban J connectivity index is 0.887. The molecule has 0 spiro atoms. The third-order valence-electron chi connectivity index (χ3n) is 15.3. The number of allylic oxidation sites excluding steroid dienone is 10. The molecule has 3 heterocycles. The van der Waals surface area contributed by atoms with Gasteiger partial charge in [0.05, 0.1) is 29.5 Å². The summed E-state index contributed by atoms with van der Waals surface area (Å²) in [6, 6.07) is 39.5. The van der Waals surface area contributed by atoms with Gasteiger partial charge in [-0.2, -0.15) is 0 Å². The van der Waals surface area contributed by atoms with Gasteiger partial charge in [-0.15, -0.1) is 0 Å². The van der Waals surface area contributed by atoms with E-state index < -0.39 is 0 Å². The van der Waals surface area contributed by atoms with E-state index in [1.54, 1.807) is 0 Å². The number of benzene rings is 6. The SMILES string of the molecule is C1=CCCC(C2NC(C3=CC4=C(C=CC4)CC3)NC(c3cccc4ccc(-n5c6c(c7cc8cc(-n9c%10c(c%11c%12ccccc%12ccc%119)CCC=C%10)ccc8cc75)C=CCC6)cc34)N2)=C1. The fourth-order valence-electron chi connectivity index (χ4n) is 12.2. The minimum Gasteiger partial charge on any atom is -0.313 e. The van der Waals surface area contributed by atoms with Crippen LogP contribution in [0.1, 0.15) is 79.2 Å². The van der Waals surface area contributed by atoms with Crippen LogP contribution >= 0.6 is 0 Å². The molecule has 3 atom stereocenters. The molecule has 1 fully saturated rings. The van der Waals surface area contributed by atoms with E-state index in [-0.39, 0.29) is 18.5 Å². The second kappa shape index (κ2) is 14.9. The smallest absolute Gasteiger partial charge is 0.0870 e. The van der Waals surface area contributed by atoms with E-state index in [0.29, 0.717) is 0 Å². The summed E-state index contributed by atoms with van der Waals surface area (Å²) in [4.78, 5) is 0. The number of hydrogen-bond acceptors (Lipinski definition) is 3. The molecule has 5 nitrogen and oxygen atoms in total. The fraction of sp³-hybridized carbons (Fsp3) is 0.200. The van der Waals surface area contributed by atoms with Crippen molar-refractivity contribution in [3.8, 4) is 11.4 Å². The van der Waals surface area contributed by atoms with Crippen molar-refractivity contribution in [1.82, 2.24) is 25.1 Å². The molecule has 14 rings (SSSR count). The zero-order valence-electron chi connectivity index (χ0n) is 36.6. The van der Waals surface area contributed by atoms with Gasteiger partial charge in [-0.1, -0.05) is 115 Å².